The molecule has 0 fully saturated rings. The molecule has 0 bridgehead atoms. The first-order valence-corrected chi connectivity index (χ1v) is 6.96. The zero-order valence-electron chi connectivity index (χ0n) is 11.8. The summed E-state index contributed by atoms with van der Waals surface area (Å²) in [5, 5.41) is 9.36. The monoisotopic (exact) mass is 270 g/mol. The number of benzene rings is 1. The molecule has 104 valence electrons. The molecule has 1 aromatic heterocycles. The van der Waals surface area contributed by atoms with E-state index in [-0.39, 0.29) is 5.69 Å². The Morgan fingerprint density at radius 1 is 1.35 bits per heavy atom. The highest BCUT2D eigenvalue weighted by atomic mass is 16.4. The minimum absolute atomic E-state index is 0.215. The summed E-state index contributed by atoms with van der Waals surface area (Å²) in [5.74, 6) is 0.369. The average molecular weight is 270 g/mol. The number of carboxylic acids is 1. The molecule has 0 saturated heterocycles. The molecule has 0 saturated carbocycles. The van der Waals surface area contributed by atoms with Gasteiger partial charge in [-0.1, -0.05) is 36.8 Å². The maximum absolute atomic E-state index is 11.4. The van der Waals surface area contributed by atoms with Gasteiger partial charge in [0.15, 0.2) is 5.69 Å². The van der Waals surface area contributed by atoms with Gasteiger partial charge in [-0.15, -0.1) is 0 Å². The van der Waals surface area contributed by atoms with E-state index >= 15 is 0 Å². The van der Waals surface area contributed by atoms with Crippen molar-refractivity contribution in [2.75, 3.05) is 0 Å². The molecule has 1 atom stereocenters. The number of aryl methyl sites for hydroxylation is 1. The van der Waals surface area contributed by atoms with E-state index in [0.29, 0.717) is 5.92 Å². The van der Waals surface area contributed by atoms with Gasteiger partial charge >= 0.3 is 5.97 Å². The first-order chi connectivity index (χ1) is 9.56. The van der Waals surface area contributed by atoms with E-state index in [9.17, 15) is 9.90 Å². The van der Waals surface area contributed by atoms with Gasteiger partial charge < -0.3 is 9.67 Å². The van der Waals surface area contributed by atoms with Gasteiger partial charge in [0.1, 0.15) is 5.82 Å². The minimum atomic E-state index is -0.929. The fourth-order valence-corrected chi connectivity index (χ4v) is 2.81. The summed E-state index contributed by atoms with van der Waals surface area (Å²) in [6, 6.07) is 8.08. The molecule has 2 heterocycles. The second-order valence-electron chi connectivity index (χ2n) is 5.65. The standard InChI is InChI=1S/C16H18N2O2/c1-10-3-5-12(6-4-10)15-17-14(16(19)20)13-9-11(2)7-8-18(13)15/h3-6,11H,7-9H2,1-2H3,(H,19,20). The van der Waals surface area contributed by atoms with Crippen LogP contribution in [0.5, 0.6) is 0 Å². The summed E-state index contributed by atoms with van der Waals surface area (Å²) >= 11 is 0. The van der Waals surface area contributed by atoms with Crippen LogP contribution in [0, 0.1) is 12.8 Å². The number of carboxylic acid groups (broad SMARTS) is 1. The Balaban J connectivity index is 2.14. The lowest BCUT2D eigenvalue weighted by Crippen LogP contribution is -2.19. The second-order valence-corrected chi connectivity index (χ2v) is 5.65. The van der Waals surface area contributed by atoms with Crippen molar-refractivity contribution in [1.82, 2.24) is 9.55 Å². The van der Waals surface area contributed by atoms with E-state index < -0.39 is 5.97 Å². The zero-order chi connectivity index (χ0) is 14.3. The highest BCUT2D eigenvalue weighted by Gasteiger charge is 2.27. The zero-order valence-corrected chi connectivity index (χ0v) is 11.8. The maximum atomic E-state index is 11.4. The Morgan fingerprint density at radius 2 is 2.05 bits per heavy atom. The molecular formula is C16H18N2O2. The molecule has 3 rings (SSSR count). The summed E-state index contributed by atoms with van der Waals surface area (Å²) in [6.07, 6.45) is 1.86. The normalized spacial score (nSPS) is 17.8. The fraction of sp³-hybridized carbons (Fsp3) is 0.375. The Labute approximate surface area is 118 Å². The number of fused-ring (bicyclic) bond motifs is 1. The van der Waals surface area contributed by atoms with Crippen LogP contribution >= 0.6 is 0 Å². The number of aromatic nitrogens is 2. The van der Waals surface area contributed by atoms with Gasteiger partial charge in [-0.2, -0.15) is 0 Å². The third-order valence-corrected chi connectivity index (χ3v) is 3.97. The lowest BCUT2D eigenvalue weighted by atomic mass is 9.97. The van der Waals surface area contributed by atoms with Crippen molar-refractivity contribution in [3.8, 4) is 11.4 Å². The maximum Gasteiger partial charge on any atom is 0.356 e. The summed E-state index contributed by atoms with van der Waals surface area (Å²) in [4.78, 5) is 15.8. The number of nitrogens with zero attached hydrogens (tertiary/aromatic N) is 2. The lowest BCUT2D eigenvalue weighted by Gasteiger charge is -2.22. The molecule has 20 heavy (non-hydrogen) atoms. The third-order valence-electron chi connectivity index (χ3n) is 3.97. The van der Waals surface area contributed by atoms with Gasteiger partial charge in [0.25, 0.3) is 0 Å². The minimum Gasteiger partial charge on any atom is -0.476 e. The van der Waals surface area contributed by atoms with Crippen LogP contribution in [0.4, 0.5) is 0 Å². The topological polar surface area (TPSA) is 55.1 Å². The van der Waals surface area contributed by atoms with Crippen LogP contribution in [0.3, 0.4) is 0 Å². The average Bonchev–Trinajstić information content (AvgIpc) is 2.78. The van der Waals surface area contributed by atoms with Gasteiger partial charge in [0.05, 0.1) is 5.69 Å². The molecule has 1 N–H and O–H groups in total. The number of hydrogen-bond acceptors (Lipinski definition) is 2. The Kier molecular flexibility index (Phi) is 3.08. The van der Waals surface area contributed by atoms with Crippen molar-refractivity contribution in [2.24, 2.45) is 5.92 Å². The van der Waals surface area contributed by atoms with Crippen LogP contribution in [-0.2, 0) is 13.0 Å². The molecule has 0 spiro atoms. The quantitative estimate of drug-likeness (QED) is 0.912. The van der Waals surface area contributed by atoms with Crippen molar-refractivity contribution in [2.45, 2.75) is 33.2 Å². The summed E-state index contributed by atoms with van der Waals surface area (Å²) in [5.41, 5.74) is 3.25. The third kappa shape index (κ3) is 2.11. The SMILES string of the molecule is Cc1ccc(-c2nc(C(=O)O)c3n2CCC(C)C3)cc1. The molecule has 1 aromatic carbocycles. The Hall–Kier alpha value is -2.10. The number of imidazole rings is 1. The summed E-state index contributed by atoms with van der Waals surface area (Å²) in [7, 11) is 0. The molecule has 4 heteroatoms. The van der Waals surface area contributed by atoms with Gasteiger partial charge in [-0.05, 0) is 25.7 Å². The van der Waals surface area contributed by atoms with Crippen molar-refractivity contribution in [1.29, 1.82) is 0 Å². The molecule has 0 amide bonds. The predicted octanol–water partition coefficient (Wildman–Crippen LogP) is 3.14. The van der Waals surface area contributed by atoms with Crippen LogP contribution in [0.1, 0.15) is 35.1 Å². The van der Waals surface area contributed by atoms with Crippen molar-refractivity contribution < 1.29 is 9.90 Å². The van der Waals surface area contributed by atoms with Crippen LogP contribution in [0.15, 0.2) is 24.3 Å². The number of hydrogen-bond donors (Lipinski definition) is 1. The molecule has 1 unspecified atom stereocenters. The Bertz CT molecular complexity index is 656. The summed E-state index contributed by atoms with van der Waals surface area (Å²) < 4.78 is 2.08. The molecular weight excluding hydrogens is 252 g/mol. The van der Waals surface area contributed by atoms with Crippen LogP contribution in [0.25, 0.3) is 11.4 Å². The van der Waals surface area contributed by atoms with Gasteiger partial charge in [-0.3, -0.25) is 0 Å². The smallest absolute Gasteiger partial charge is 0.356 e. The summed E-state index contributed by atoms with van der Waals surface area (Å²) in [6.45, 7) is 5.04. The van der Waals surface area contributed by atoms with Crippen LogP contribution < -0.4 is 0 Å². The van der Waals surface area contributed by atoms with Crippen molar-refractivity contribution >= 4 is 5.97 Å². The van der Waals surface area contributed by atoms with Gasteiger partial charge in [-0.25, -0.2) is 9.78 Å². The highest BCUT2D eigenvalue weighted by molar-refractivity contribution is 5.88. The van der Waals surface area contributed by atoms with Crippen LogP contribution in [0.2, 0.25) is 0 Å². The molecule has 2 aromatic rings. The molecule has 1 aliphatic rings. The van der Waals surface area contributed by atoms with E-state index in [1.807, 2.05) is 31.2 Å². The first kappa shape index (κ1) is 12.9. The van der Waals surface area contributed by atoms with Crippen molar-refractivity contribution in [3.05, 3.63) is 41.2 Å². The largest absolute Gasteiger partial charge is 0.476 e. The van der Waals surface area contributed by atoms with E-state index in [1.165, 1.54) is 5.56 Å². The van der Waals surface area contributed by atoms with Crippen LogP contribution in [-0.4, -0.2) is 20.6 Å². The lowest BCUT2D eigenvalue weighted by molar-refractivity contribution is 0.0689. The molecule has 0 aliphatic carbocycles. The second kappa shape index (κ2) is 4.78. The van der Waals surface area contributed by atoms with E-state index in [4.69, 9.17) is 0 Å². The van der Waals surface area contributed by atoms with E-state index in [0.717, 1.165) is 36.5 Å². The predicted molar refractivity (Wildman–Crippen MR) is 76.8 cm³/mol. The molecule has 4 nitrogen and oxygen atoms in total. The molecule has 1 aliphatic heterocycles. The van der Waals surface area contributed by atoms with Gasteiger partial charge in [0.2, 0.25) is 0 Å². The fourth-order valence-electron chi connectivity index (χ4n) is 2.81. The number of carbonyl (C=O) groups is 1. The number of rotatable bonds is 2. The van der Waals surface area contributed by atoms with E-state index in [2.05, 4.69) is 16.5 Å². The van der Waals surface area contributed by atoms with E-state index in [1.54, 1.807) is 0 Å². The first-order valence-electron chi connectivity index (χ1n) is 6.96. The van der Waals surface area contributed by atoms with Crippen molar-refractivity contribution in [3.63, 3.8) is 0 Å². The highest BCUT2D eigenvalue weighted by Crippen LogP contribution is 2.29. The molecule has 0 radical (unpaired) electrons. The Morgan fingerprint density at radius 3 is 2.70 bits per heavy atom. The van der Waals surface area contributed by atoms with Gasteiger partial charge in [0, 0.05) is 12.1 Å². The number of aromatic carboxylic acids is 1.